The first kappa shape index (κ1) is 15.3. The molecule has 0 radical (unpaired) electrons. The molecule has 0 aliphatic rings. The molecule has 5 heteroatoms. The second-order valence-corrected chi connectivity index (χ2v) is 4.40. The Morgan fingerprint density at radius 3 is 2.53 bits per heavy atom. The molecule has 19 heavy (non-hydrogen) atoms. The number of aromatic nitrogens is 1. The number of ether oxygens (including phenoxy) is 1. The van der Waals surface area contributed by atoms with E-state index in [2.05, 4.69) is 10.3 Å². The van der Waals surface area contributed by atoms with Gasteiger partial charge in [0.05, 0.1) is 6.61 Å². The van der Waals surface area contributed by atoms with E-state index in [0.29, 0.717) is 31.7 Å². The molecule has 1 aromatic rings. The number of carbonyl (C=O) groups is 2. The first-order chi connectivity index (χ1) is 9.01. The summed E-state index contributed by atoms with van der Waals surface area (Å²) in [5.41, 5.74) is 3.31. The molecule has 0 aliphatic carbocycles. The quantitative estimate of drug-likeness (QED) is 0.772. The fraction of sp³-hybridized carbons (Fsp3) is 0.571. The second kappa shape index (κ2) is 6.97. The SMILES string of the molecule is CCNC(=O)CCc1c(C)[nH]c(C(=O)OCC)c1C. The maximum Gasteiger partial charge on any atom is 0.355 e. The van der Waals surface area contributed by atoms with Gasteiger partial charge in [-0.3, -0.25) is 4.79 Å². The van der Waals surface area contributed by atoms with Crippen LogP contribution in [0.3, 0.4) is 0 Å². The van der Waals surface area contributed by atoms with E-state index >= 15 is 0 Å². The van der Waals surface area contributed by atoms with Crippen LogP contribution in [0.1, 0.15) is 47.6 Å². The van der Waals surface area contributed by atoms with Crippen LogP contribution in [0.2, 0.25) is 0 Å². The molecule has 0 saturated heterocycles. The van der Waals surface area contributed by atoms with Gasteiger partial charge in [-0.1, -0.05) is 0 Å². The highest BCUT2D eigenvalue weighted by Crippen LogP contribution is 2.20. The molecule has 106 valence electrons. The van der Waals surface area contributed by atoms with Gasteiger partial charge in [0.15, 0.2) is 0 Å². The highest BCUT2D eigenvalue weighted by molar-refractivity contribution is 5.90. The fourth-order valence-electron chi connectivity index (χ4n) is 2.10. The van der Waals surface area contributed by atoms with E-state index in [1.54, 1.807) is 6.92 Å². The minimum Gasteiger partial charge on any atom is -0.461 e. The maximum absolute atomic E-state index is 11.7. The highest BCUT2D eigenvalue weighted by atomic mass is 16.5. The number of aryl methyl sites for hydroxylation is 1. The summed E-state index contributed by atoms with van der Waals surface area (Å²) in [6, 6.07) is 0. The van der Waals surface area contributed by atoms with Crippen molar-refractivity contribution >= 4 is 11.9 Å². The zero-order valence-electron chi connectivity index (χ0n) is 12.1. The Morgan fingerprint density at radius 1 is 1.26 bits per heavy atom. The molecule has 0 fully saturated rings. The molecule has 2 N–H and O–H groups in total. The number of esters is 1. The number of aromatic amines is 1. The molecule has 5 nitrogen and oxygen atoms in total. The summed E-state index contributed by atoms with van der Waals surface area (Å²) >= 11 is 0. The van der Waals surface area contributed by atoms with Crippen LogP contribution in [0.25, 0.3) is 0 Å². The summed E-state index contributed by atoms with van der Waals surface area (Å²) in [6.07, 6.45) is 1.05. The molecule has 1 amide bonds. The van der Waals surface area contributed by atoms with E-state index in [1.807, 2.05) is 20.8 Å². The zero-order chi connectivity index (χ0) is 14.4. The van der Waals surface area contributed by atoms with E-state index in [9.17, 15) is 9.59 Å². The maximum atomic E-state index is 11.7. The predicted octanol–water partition coefficient (Wildman–Crippen LogP) is 1.88. The monoisotopic (exact) mass is 266 g/mol. The van der Waals surface area contributed by atoms with Gasteiger partial charge in [0.25, 0.3) is 0 Å². The first-order valence-corrected chi connectivity index (χ1v) is 6.63. The lowest BCUT2D eigenvalue weighted by atomic mass is 10.0. The van der Waals surface area contributed by atoms with Crippen molar-refractivity contribution in [3.05, 3.63) is 22.5 Å². The zero-order valence-corrected chi connectivity index (χ0v) is 12.1. The number of amides is 1. The lowest BCUT2D eigenvalue weighted by Gasteiger charge is -2.04. The topological polar surface area (TPSA) is 71.2 Å². The molecule has 0 unspecified atom stereocenters. The van der Waals surface area contributed by atoms with Gasteiger partial charge in [-0.2, -0.15) is 0 Å². The van der Waals surface area contributed by atoms with Crippen LogP contribution in [0.4, 0.5) is 0 Å². The third kappa shape index (κ3) is 3.84. The molecular weight excluding hydrogens is 244 g/mol. The summed E-state index contributed by atoms with van der Waals surface area (Å²) in [6.45, 7) is 8.44. The van der Waals surface area contributed by atoms with E-state index in [1.165, 1.54) is 0 Å². The Bertz CT molecular complexity index is 464. The number of rotatable bonds is 6. The minimum atomic E-state index is -0.340. The lowest BCUT2D eigenvalue weighted by Crippen LogP contribution is -2.22. The van der Waals surface area contributed by atoms with Crippen LogP contribution in [-0.2, 0) is 16.0 Å². The average Bonchev–Trinajstić information content (AvgIpc) is 2.63. The largest absolute Gasteiger partial charge is 0.461 e. The summed E-state index contributed by atoms with van der Waals surface area (Å²) in [4.78, 5) is 26.3. The Morgan fingerprint density at radius 2 is 1.95 bits per heavy atom. The summed E-state index contributed by atoms with van der Waals surface area (Å²) in [5.74, 6) is -0.312. The van der Waals surface area contributed by atoms with Gasteiger partial charge in [-0.15, -0.1) is 0 Å². The Balaban J connectivity index is 2.79. The molecule has 0 aliphatic heterocycles. The van der Waals surface area contributed by atoms with Crippen LogP contribution >= 0.6 is 0 Å². The molecular formula is C14H22N2O3. The molecule has 1 rings (SSSR count). The van der Waals surface area contributed by atoms with Gasteiger partial charge in [-0.05, 0) is 45.2 Å². The summed E-state index contributed by atoms with van der Waals surface area (Å²) in [7, 11) is 0. The molecule has 0 spiro atoms. The van der Waals surface area contributed by atoms with Crippen molar-refractivity contribution in [1.29, 1.82) is 0 Å². The van der Waals surface area contributed by atoms with Gasteiger partial charge in [0.2, 0.25) is 5.91 Å². The standard InChI is InChI=1S/C14H22N2O3/c1-5-15-12(17)8-7-11-9(3)13(16-10(11)4)14(18)19-6-2/h16H,5-8H2,1-4H3,(H,15,17). The Labute approximate surface area is 113 Å². The van der Waals surface area contributed by atoms with E-state index in [-0.39, 0.29) is 11.9 Å². The van der Waals surface area contributed by atoms with E-state index < -0.39 is 0 Å². The fourth-order valence-corrected chi connectivity index (χ4v) is 2.10. The van der Waals surface area contributed by atoms with Crippen molar-refractivity contribution in [3.63, 3.8) is 0 Å². The van der Waals surface area contributed by atoms with Crippen LogP contribution < -0.4 is 5.32 Å². The summed E-state index contributed by atoms with van der Waals surface area (Å²) in [5, 5.41) is 2.76. The number of H-pyrrole nitrogens is 1. The van der Waals surface area contributed by atoms with Crippen molar-refractivity contribution in [3.8, 4) is 0 Å². The van der Waals surface area contributed by atoms with E-state index in [0.717, 1.165) is 16.8 Å². The number of hydrogen-bond acceptors (Lipinski definition) is 3. The van der Waals surface area contributed by atoms with Gasteiger partial charge in [0, 0.05) is 18.7 Å². The molecule has 1 aromatic heterocycles. The van der Waals surface area contributed by atoms with Crippen LogP contribution in [0.5, 0.6) is 0 Å². The van der Waals surface area contributed by atoms with E-state index in [4.69, 9.17) is 4.74 Å². The third-order valence-corrected chi connectivity index (χ3v) is 3.05. The third-order valence-electron chi connectivity index (χ3n) is 3.05. The average molecular weight is 266 g/mol. The molecule has 0 bridgehead atoms. The van der Waals surface area contributed by atoms with Crippen LogP contribution in [0, 0.1) is 13.8 Å². The molecule has 0 saturated carbocycles. The lowest BCUT2D eigenvalue weighted by molar-refractivity contribution is -0.120. The second-order valence-electron chi connectivity index (χ2n) is 4.40. The van der Waals surface area contributed by atoms with Crippen molar-refractivity contribution in [2.45, 2.75) is 40.5 Å². The number of carbonyl (C=O) groups excluding carboxylic acids is 2. The first-order valence-electron chi connectivity index (χ1n) is 6.63. The molecule has 0 atom stereocenters. The number of nitrogens with one attached hydrogen (secondary N) is 2. The smallest absolute Gasteiger partial charge is 0.355 e. The minimum absolute atomic E-state index is 0.0279. The van der Waals surface area contributed by atoms with Gasteiger partial charge >= 0.3 is 5.97 Å². The number of hydrogen-bond donors (Lipinski definition) is 2. The van der Waals surface area contributed by atoms with Gasteiger partial charge in [-0.25, -0.2) is 4.79 Å². The van der Waals surface area contributed by atoms with Crippen LogP contribution in [-0.4, -0.2) is 30.0 Å². The highest BCUT2D eigenvalue weighted by Gasteiger charge is 2.18. The Kier molecular flexibility index (Phi) is 5.60. The van der Waals surface area contributed by atoms with Crippen molar-refractivity contribution in [2.24, 2.45) is 0 Å². The summed E-state index contributed by atoms with van der Waals surface area (Å²) < 4.78 is 4.99. The van der Waals surface area contributed by atoms with Crippen molar-refractivity contribution in [2.75, 3.05) is 13.2 Å². The van der Waals surface area contributed by atoms with Crippen LogP contribution in [0.15, 0.2) is 0 Å². The van der Waals surface area contributed by atoms with Gasteiger partial charge < -0.3 is 15.0 Å². The molecule has 1 heterocycles. The van der Waals surface area contributed by atoms with Gasteiger partial charge in [0.1, 0.15) is 5.69 Å². The van der Waals surface area contributed by atoms with Crippen molar-refractivity contribution < 1.29 is 14.3 Å². The normalized spacial score (nSPS) is 10.3. The van der Waals surface area contributed by atoms with Crippen molar-refractivity contribution in [1.82, 2.24) is 10.3 Å². The molecule has 0 aromatic carbocycles. The Hall–Kier alpha value is -1.78. The predicted molar refractivity (Wildman–Crippen MR) is 73.2 cm³/mol.